The molecule has 0 aromatic carbocycles. The van der Waals surface area contributed by atoms with Crippen molar-refractivity contribution in [1.82, 2.24) is 0 Å². The summed E-state index contributed by atoms with van der Waals surface area (Å²) in [6.45, 7) is 2.27. The van der Waals surface area contributed by atoms with E-state index >= 15 is 0 Å². The van der Waals surface area contributed by atoms with Crippen molar-refractivity contribution in [1.29, 1.82) is 0 Å². The first kappa shape index (κ1) is 30.0. The third-order valence-electron chi connectivity index (χ3n) is 5.14. The molecule has 0 fully saturated rings. The molecule has 0 amide bonds. The fourth-order valence-corrected chi connectivity index (χ4v) is 3.40. The molecule has 0 unspecified atom stereocenters. The first-order chi connectivity index (χ1) is 12.8. The van der Waals surface area contributed by atoms with Crippen molar-refractivity contribution >= 4 is 5.97 Å². The number of carboxylic acids is 1. The molecule has 0 atom stereocenters. The number of rotatable bonds is 21. The fourth-order valence-electron chi connectivity index (χ4n) is 3.40. The number of aliphatic carboxylic acids is 1. The topological polar surface area (TPSA) is 40.1 Å². The number of carbonyl (C=O) groups is 1. The molecule has 27 heavy (non-hydrogen) atoms. The van der Waals surface area contributed by atoms with E-state index in [1.807, 2.05) is 0 Å². The number of hydrogen-bond donors (Lipinski definition) is 0. The van der Waals surface area contributed by atoms with Gasteiger partial charge >= 0.3 is 51.4 Å². The van der Waals surface area contributed by atoms with Crippen LogP contribution in [0, 0.1) is 0 Å². The molecule has 2 nitrogen and oxygen atoms in total. The van der Waals surface area contributed by atoms with Crippen LogP contribution < -0.4 is 56.5 Å². The average Bonchev–Trinajstić information content (AvgIpc) is 2.62. The van der Waals surface area contributed by atoms with E-state index in [-0.39, 0.29) is 57.8 Å². The second kappa shape index (κ2) is 26.8. The maximum Gasteiger partial charge on any atom is 1.00 e. The Labute approximate surface area is 212 Å². The first-order valence-corrected chi connectivity index (χ1v) is 11.6. The molecule has 0 aromatic heterocycles. The predicted octanol–water partition coefficient (Wildman–Crippen LogP) is 4.12. The number of allylic oxidation sites excluding steroid dienone is 2. The van der Waals surface area contributed by atoms with Gasteiger partial charge in [0.05, 0.1) is 0 Å². The monoisotopic (exact) mass is 404 g/mol. The molecule has 0 bridgehead atoms. The van der Waals surface area contributed by atoms with Gasteiger partial charge in [0.15, 0.2) is 0 Å². The summed E-state index contributed by atoms with van der Waals surface area (Å²) in [4.78, 5) is 10.3. The van der Waals surface area contributed by atoms with Crippen LogP contribution in [-0.2, 0) is 4.79 Å². The SMILES string of the molecule is CCCCCCCCC=CCCCCCCCCCCCCCC(=O)[O-].[K+]. The van der Waals surface area contributed by atoms with E-state index in [0.29, 0.717) is 0 Å². The maximum atomic E-state index is 10.3. The van der Waals surface area contributed by atoms with Gasteiger partial charge in [-0.3, -0.25) is 0 Å². The quantitative estimate of drug-likeness (QED) is 0.164. The van der Waals surface area contributed by atoms with Gasteiger partial charge in [-0.15, -0.1) is 0 Å². The maximum absolute atomic E-state index is 10.3. The third kappa shape index (κ3) is 29.1. The van der Waals surface area contributed by atoms with Gasteiger partial charge in [-0.25, -0.2) is 0 Å². The summed E-state index contributed by atoms with van der Waals surface area (Å²) >= 11 is 0. The molecule has 3 heteroatoms. The second-order valence-corrected chi connectivity index (χ2v) is 7.83. The molecule has 0 saturated heterocycles. The zero-order chi connectivity index (χ0) is 19.1. The molecule has 0 N–H and O–H groups in total. The number of unbranched alkanes of at least 4 members (excludes halogenated alkanes) is 17. The normalized spacial score (nSPS) is 11.0. The van der Waals surface area contributed by atoms with Gasteiger partial charge in [0.1, 0.15) is 0 Å². The molecule has 0 rings (SSSR count). The van der Waals surface area contributed by atoms with Gasteiger partial charge < -0.3 is 9.90 Å². The van der Waals surface area contributed by atoms with Crippen LogP contribution >= 0.6 is 0 Å². The zero-order valence-electron chi connectivity index (χ0n) is 18.6. The van der Waals surface area contributed by atoms with Crippen LogP contribution in [0.5, 0.6) is 0 Å². The predicted molar refractivity (Wildman–Crippen MR) is 112 cm³/mol. The van der Waals surface area contributed by atoms with Crippen molar-refractivity contribution in [3.05, 3.63) is 12.2 Å². The fraction of sp³-hybridized carbons (Fsp3) is 0.875. The van der Waals surface area contributed by atoms with Gasteiger partial charge in [-0.05, 0) is 38.5 Å². The second-order valence-electron chi connectivity index (χ2n) is 7.83. The average molecular weight is 405 g/mol. The van der Waals surface area contributed by atoms with E-state index in [9.17, 15) is 9.90 Å². The van der Waals surface area contributed by atoms with Crippen molar-refractivity contribution in [2.45, 2.75) is 135 Å². The van der Waals surface area contributed by atoms with Crippen LogP contribution in [-0.4, -0.2) is 5.97 Å². The Bertz CT molecular complexity index is 316. The largest absolute Gasteiger partial charge is 1.00 e. The van der Waals surface area contributed by atoms with E-state index in [1.165, 1.54) is 109 Å². The molecular formula is C24H45KO2. The smallest absolute Gasteiger partial charge is 0.550 e. The molecule has 0 radical (unpaired) electrons. The van der Waals surface area contributed by atoms with Crippen LogP contribution in [0.3, 0.4) is 0 Å². The van der Waals surface area contributed by atoms with E-state index in [0.717, 1.165) is 12.8 Å². The summed E-state index contributed by atoms with van der Waals surface area (Å²) < 4.78 is 0. The molecule has 154 valence electrons. The van der Waals surface area contributed by atoms with E-state index in [1.54, 1.807) is 0 Å². The van der Waals surface area contributed by atoms with Crippen LogP contribution in [0.4, 0.5) is 0 Å². The summed E-state index contributed by atoms with van der Waals surface area (Å²) in [6.07, 6.45) is 29.7. The van der Waals surface area contributed by atoms with Crippen molar-refractivity contribution in [3.63, 3.8) is 0 Å². The summed E-state index contributed by atoms with van der Waals surface area (Å²) in [5, 5.41) is 10.3. The summed E-state index contributed by atoms with van der Waals surface area (Å²) in [5.74, 6) is -0.904. The van der Waals surface area contributed by atoms with E-state index in [4.69, 9.17) is 0 Å². The van der Waals surface area contributed by atoms with Crippen LogP contribution in [0.2, 0.25) is 0 Å². The van der Waals surface area contributed by atoms with Gasteiger partial charge in [-0.1, -0.05) is 109 Å². The summed E-state index contributed by atoms with van der Waals surface area (Å²) in [7, 11) is 0. The van der Waals surface area contributed by atoms with Crippen LogP contribution in [0.1, 0.15) is 135 Å². The molecule has 0 aliphatic carbocycles. The van der Waals surface area contributed by atoms with E-state index in [2.05, 4.69) is 19.1 Å². The Kier molecular flexibility index (Phi) is 29.9. The molecule has 0 aliphatic rings. The van der Waals surface area contributed by atoms with Crippen molar-refractivity contribution in [2.24, 2.45) is 0 Å². The van der Waals surface area contributed by atoms with E-state index < -0.39 is 5.97 Å². The Morgan fingerprint density at radius 3 is 1.30 bits per heavy atom. The minimum absolute atomic E-state index is 0. The Balaban J connectivity index is 0. The third-order valence-corrected chi connectivity index (χ3v) is 5.14. The first-order valence-electron chi connectivity index (χ1n) is 11.6. The number of carboxylic acid groups (broad SMARTS) is 1. The summed E-state index contributed by atoms with van der Waals surface area (Å²) in [6, 6.07) is 0. The number of carbonyl (C=O) groups excluding carboxylic acids is 1. The van der Waals surface area contributed by atoms with Gasteiger partial charge in [0, 0.05) is 5.97 Å². The van der Waals surface area contributed by atoms with Gasteiger partial charge in [0.2, 0.25) is 0 Å². The minimum Gasteiger partial charge on any atom is -0.550 e. The van der Waals surface area contributed by atoms with Crippen LogP contribution in [0.15, 0.2) is 12.2 Å². The molecule has 0 spiro atoms. The van der Waals surface area contributed by atoms with Crippen molar-refractivity contribution < 1.29 is 61.3 Å². The molecule has 0 aromatic rings. The van der Waals surface area contributed by atoms with Crippen molar-refractivity contribution in [2.75, 3.05) is 0 Å². The Hall–Kier alpha value is 0.846. The molecule has 0 saturated carbocycles. The molecular weight excluding hydrogens is 359 g/mol. The Morgan fingerprint density at radius 1 is 0.593 bits per heavy atom. The van der Waals surface area contributed by atoms with Gasteiger partial charge in [-0.2, -0.15) is 0 Å². The Morgan fingerprint density at radius 2 is 0.926 bits per heavy atom. The van der Waals surface area contributed by atoms with Crippen LogP contribution in [0.25, 0.3) is 0 Å². The van der Waals surface area contributed by atoms with Crippen molar-refractivity contribution in [3.8, 4) is 0 Å². The summed E-state index contributed by atoms with van der Waals surface area (Å²) in [5.41, 5.74) is 0. The minimum atomic E-state index is -0.904. The molecule has 0 heterocycles. The zero-order valence-corrected chi connectivity index (χ0v) is 21.7. The number of hydrogen-bond acceptors (Lipinski definition) is 2. The standard InChI is InChI=1S/C24H46O2.K/c1-2-3-4-5-6-7-8-9-10-11-12-13-14-15-16-17-18-19-20-21-22-23-24(25)26;/h9-10H,2-8,11-23H2,1H3,(H,25,26);/q;+1/p-1. The van der Waals surface area contributed by atoms with Gasteiger partial charge in [0.25, 0.3) is 0 Å². The molecule has 0 aliphatic heterocycles.